The Morgan fingerprint density at radius 2 is 2.06 bits per heavy atom. The molecule has 0 spiro atoms. The van der Waals surface area contributed by atoms with Crippen LogP contribution in [0.3, 0.4) is 0 Å². The van der Waals surface area contributed by atoms with Crippen LogP contribution in [0.5, 0.6) is 0 Å². The maximum Gasteiger partial charge on any atom is 0.0263 e. The first kappa shape index (κ1) is 12.9. The van der Waals surface area contributed by atoms with E-state index in [1.54, 1.807) is 11.1 Å². The molecule has 0 aromatic heterocycles. The van der Waals surface area contributed by atoms with Gasteiger partial charge in [-0.25, -0.2) is 0 Å². The highest BCUT2D eigenvalue weighted by Gasteiger charge is 2.20. The quantitative estimate of drug-likeness (QED) is 0.913. The Hall–Kier alpha value is -0.120. The molecular formula is C15H21NS2. The zero-order valence-corrected chi connectivity index (χ0v) is 12.4. The van der Waals surface area contributed by atoms with E-state index in [-0.39, 0.29) is 0 Å². The zero-order valence-electron chi connectivity index (χ0n) is 10.7. The summed E-state index contributed by atoms with van der Waals surface area (Å²) in [6, 6.07) is 9.64. The average Bonchev–Trinajstić information content (AvgIpc) is 2.46. The summed E-state index contributed by atoms with van der Waals surface area (Å²) >= 11 is 4.27. The maximum atomic E-state index is 3.80. The molecule has 98 valence electrons. The van der Waals surface area contributed by atoms with Crippen molar-refractivity contribution in [2.75, 3.05) is 23.8 Å². The van der Waals surface area contributed by atoms with Crippen molar-refractivity contribution >= 4 is 23.5 Å². The van der Waals surface area contributed by atoms with Crippen LogP contribution in [0, 0.1) is 0 Å². The van der Waals surface area contributed by atoms with Crippen molar-refractivity contribution in [2.24, 2.45) is 0 Å². The van der Waals surface area contributed by atoms with Crippen LogP contribution in [0.4, 0.5) is 0 Å². The molecule has 2 atom stereocenters. The lowest BCUT2D eigenvalue weighted by molar-refractivity contribution is 0.462. The summed E-state index contributed by atoms with van der Waals surface area (Å²) < 4.78 is 0. The summed E-state index contributed by atoms with van der Waals surface area (Å²) in [5, 5.41) is 4.63. The fraction of sp³-hybridized carbons (Fsp3) is 0.600. The standard InChI is InChI=1S/C15H21NS2/c1-2-4-13-9-14(6-5-12(13)3-1)16-10-15-11-17-7-8-18-15/h1-4,14-16H,5-11H2. The molecule has 2 aliphatic rings. The van der Waals surface area contributed by atoms with Crippen molar-refractivity contribution in [3.8, 4) is 0 Å². The van der Waals surface area contributed by atoms with Crippen molar-refractivity contribution in [1.29, 1.82) is 0 Å². The molecule has 0 amide bonds. The van der Waals surface area contributed by atoms with E-state index in [1.807, 2.05) is 0 Å². The van der Waals surface area contributed by atoms with Crippen molar-refractivity contribution in [3.63, 3.8) is 0 Å². The first-order chi connectivity index (χ1) is 8.92. The van der Waals surface area contributed by atoms with Crippen LogP contribution < -0.4 is 5.32 Å². The molecule has 1 heterocycles. The van der Waals surface area contributed by atoms with Gasteiger partial charge < -0.3 is 5.32 Å². The fourth-order valence-corrected chi connectivity index (χ4v) is 5.45. The van der Waals surface area contributed by atoms with Crippen LogP contribution in [0.2, 0.25) is 0 Å². The molecule has 1 aromatic rings. The van der Waals surface area contributed by atoms with Gasteiger partial charge in [-0.15, -0.1) is 0 Å². The molecule has 0 radical (unpaired) electrons. The molecule has 1 aliphatic carbocycles. The number of benzene rings is 1. The topological polar surface area (TPSA) is 12.0 Å². The van der Waals surface area contributed by atoms with Crippen LogP contribution in [0.25, 0.3) is 0 Å². The summed E-state index contributed by atoms with van der Waals surface area (Å²) in [6.45, 7) is 1.20. The molecule has 1 fully saturated rings. The highest BCUT2D eigenvalue weighted by molar-refractivity contribution is 8.06. The summed E-state index contributed by atoms with van der Waals surface area (Å²) in [7, 11) is 0. The number of thioether (sulfide) groups is 2. The van der Waals surface area contributed by atoms with Crippen LogP contribution >= 0.6 is 23.5 Å². The molecule has 3 rings (SSSR count). The molecule has 18 heavy (non-hydrogen) atoms. The summed E-state index contributed by atoms with van der Waals surface area (Å²) in [4.78, 5) is 0. The minimum atomic E-state index is 0.701. The largest absolute Gasteiger partial charge is 0.313 e. The van der Waals surface area contributed by atoms with Gasteiger partial charge in [0.2, 0.25) is 0 Å². The van der Waals surface area contributed by atoms with Crippen molar-refractivity contribution < 1.29 is 0 Å². The van der Waals surface area contributed by atoms with Crippen molar-refractivity contribution in [1.82, 2.24) is 5.32 Å². The maximum absolute atomic E-state index is 3.80. The molecule has 1 aliphatic heterocycles. The van der Waals surface area contributed by atoms with E-state index in [1.165, 1.54) is 43.1 Å². The number of aryl methyl sites for hydroxylation is 1. The predicted molar refractivity (Wildman–Crippen MR) is 83.8 cm³/mol. The second-order valence-corrected chi connectivity index (χ2v) is 7.74. The van der Waals surface area contributed by atoms with Gasteiger partial charge in [-0.3, -0.25) is 0 Å². The summed E-state index contributed by atoms with van der Waals surface area (Å²) in [6.07, 6.45) is 3.78. The summed E-state index contributed by atoms with van der Waals surface area (Å²) in [5.74, 6) is 4.02. The molecular weight excluding hydrogens is 258 g/mol. The Morgan fingerprint density at radius 3 is 2.89 bits per heavy atom. The normalized spacial score (nSPS) is 27.8. The monoisotopic (exact) mass is 279 g/mol. The first-order valence-corrected chi connectivity index (χ1v) is 9.11. The Bertz CT molecular complexity index is 388. The van der Waals surface area contributed by atoms with Crippen LogP contribution in [-0.4, -0.2) is 35.1 Å². The zero-order chi connectivity index (χ0) is 12.2. The van der Waals surface area contributed by atoms with E-state index in [9.17, 15) is 0 Å². The second kappa shape index (κ2) is 6.36. The number of hydrogen-bond donors (Lipinski definition) is 1. The molecule has 1 nitrogen and oxygen atoms in total. The molecule has 1 aromatic carbocycles. The van der Waals surface area contributed by atoms with E-state index < -0.39 is 0 Å². The highest BCUT2D eigenvalue weighted by Crippen LogP contribution is 2.25. The Labute approximate surface area is 119 Å². The number of fused-ring (bicyclic) bond motifs is 1. The van der Waals surface area contributed by atoms with E-state index in [0.717, 1.165) is 5.25 Å². The lowest BCUT2D eigenvalue weighted by Gasteiger charge is -2.28. The van der Waals surface area contributed by atoms with Gasteiger partial charge >= 0.3 is 0 Å². The van der Waals surface area contributed by atoms with Gasteiger partial charge in [0, 0.05) is 35.1 Å². The molecule has 3 heteroatoms. The SMILES string of the molecule is c1ccc2c(c1)CCC(NCC1CSCCS1)C2. The fourth-order valence-electron chi connectivity index (χ4n) is 2.82. The van der Waals surface area contributed by atoms with E-state index in [2.05, 4.69) is 53.1 Å². The minimum absolute atomic E-state index is 0.701. The van der Waals surface area contributed by atoms with Crippen LogP contribution in [0.15, 0.2) is 24.3 Å². The van der Waals surface area contributed by atoms with Crippen molar-refractivity contribution in [3.05, 3.63) is 35.4 Å². The average molecular weight is 279 g/mol. The third-order valence-corrected chi connectivity index (χ3v) is 6.71. The third-order valence-electron chi connectivity index (χ3n) is 3.87. The van der Waals surface area contributed by atoms with Gasteiger partial charge in [-0.1, -0.05) is 24.3 Å². The van der Waals surface area contributed by atoms with Crippen LogP contribution in [-0.2, 0) is 12.8 Å². The first-order valence-electron chi connectivity index (χ1n) is 6.91. The summed E-state index contributed by atoms with van der Waals surface area (Å²) in [5.41, 5.74) is 3.13. The van der Waals surface area contributed by atoms with Gasteiger partial charge in [0.15, 0.2) is 0 Å². The van der Waals surface area contributed by atoms with Gasteiger partial charge in [0.25, 0.3) is 0 Å². The smallest absolute Gasteiger partial charge is 0.0263 e. The molecule has 0 saturated carbocycles. The van der Waals surface area contributed by atoms with E-state index in [0.29, 0.717) is 6.04 Å². The molecule has 0 bridgehead atoms. The minimum Gasteiger partial charge on any atom is -0.313 e. The Morgan fingerprint density at radius 1 is 1.17 bits per heavy atom. The molecule has 2 unspecified atom stereocenters. The highest BCUT2D eigenvalue weighted by atomic mass is 32.2. The van der Waals surface area contributed by atoms with Gasteiger partial charge in [0.05, 0.1) is 0 Å². The number of hydrogen-bond acceptors (Lipinski definition) is 3. The number of nitrogens with one attached hydrogen (secondary N) is 1. The molecule has 1 N–H and O–H groups in total. The van der Waals surface area contributed by atoms with Crippen molar-refractivity contribution in [2.45, 2.75) is 30.6 Å². The Kier molecular flexibility index (Phi) is 4.55. The van der Waals surface area contributed by atoms with Crippen LogP contribution in [0.1, 0.15) is 17.5 Å². The lowest BCUT2D eigenvalue weighted by Crippen LogP contribution is -2.39. The van der Waals surface area contributed by atoms with E-state index in [4.69, 9.17) is 0 Å². The lowest BCUT2D eigenvalue weighted by atomic mass is 9.88. The number of rotatable bonds is 3. The van der Waals surface area contributed by atoms with E-state index >= 15 is 0 Å². The van der Waals surface area contributed by atoms with Gasteiger partial charge in [-0.2, -0.15) is 23.5 Å². The molecule has 1 saturated heterocycles. The third kappa shape index (κ3) is 3.25. The Balaban J connectivity index is 1.50. The second-order valence-electron chi connectivity index (χ2n) is 5.18. The van der Waals surface area contributed by atoms with Gasteiger partial charge in [-0.05, 0) is 30.4 Å². The van der Waals surface area contributed by atoms with Gasteiger partial charge in [0.1, 0.15) is 0 Å². The predicted octanol–water partition coefficient (Wildman–Crippen LogP) is 2.98.